The van der Waals surface area contributed by atoms with E-state index in [1.54, 1.807) is 0 Å². The molecule has 1 aliphatic heterocycles. The second kappa shape index (κ2) is 6.23. The van der Waals surface area contributed by atoms with Crippen molar-refractivity contribution in [1.82, 2.24) is 10.3 Å². The van der Waals surface area contributed by atoms with Crippen LogP contribution in [0.3, 0.4) is 0 Å². The van der Waals surface area contributed by atoms with E-state index in [9.17, 15) is 0 Å². The molecule has 1 fully saturated rings. The van der Waals surface area contributed by atoms with Crippen LogP contribution in [-0.2, 0) is 6.42 Å². The molecule has 1 N–H and O–H groups in total. The van der Waals surface area contributed by atoms with Crippen molar-refractivity contribution in [3.8, 4) is 5.75 Å². The highest BCUT2D eigenvalue weighted by Crippen LogP contribution is 2.28. The molecular formula is C17H22N2O. The van der Waals surface area contributed by atoms with Gasteiger partial charge in [-0.25, -0.2) is 0 Å². The van der Waals surface area contributed by atoms with Crippen LogP contribution in [-0.4, -0.2) is 24.2 Å². The van der Waals surface area contributed by atoms with Crippen LogP contribution in [0.1, 0.15) is 31.7 Å². The Bertz CT molecular complexity index is 576. The molecule has 0 amide bonds. The third kappa shape index (κ3) is 2.78. The van der Waals surface area contributed by atoms with Crippen LogP contribution in [0.4, 0.5) is 0 Å². The maximum atomic E-state index is 5.69. The average Bonchev–Trinajstić information content (AvgIpc) is 2.51. The van der Waals surface area contributed by atoms with Crippen LogP contribution in [0.5, 0.6) is 5.75 Å². The number of nitrogens with zero attached hydrogens (tertiary/aromatic N) is 1. The highest BCUT2D eigenvalue weighted by molar-refractivity contribution is 5.87. The normalized spacial score (nSPS) is 19.1. The number of hydrogen-bond donors (Lipinski definition) is 1. The minimum Gasteiger partial charge on any atom is -0.492 e. The highest BCUT2D eigenvalue weighted by Gasteiger charge is 2.15. The number of pyridine rings is 1. The van der Waals surface area contributed by atoms with E-state index in [4.69, 9.17) is 4.74 Å². The molecule has 3 nitrogen and oxygen atoms in total. The summed E-state index contributed by atoms with van der Waals surface area (Å²) in [6, 6.07) is 9.03. The number of fused-ring (bicyclic) bond motifs is 1. The van der Waals surface area contributed by atoms with E-state index in [0.29, 0.717) is 12.6 Å². The Labute approximate surface area is 120 Å². The van der Waals surface area contributed by atoms with Gasteiger partial charge in [0.05, 0.1) is 6.61 Å². The molecule has 3 heteroatoms. The van der Waals surface area contributed by atoms with Crippen LogP contribution >= 0.6 is 0 Å². The van der Waals surface area contributed by atoms with Gasteiger partial charge in [-0.05, 0) is 50.4 Å². The van der Waals surface area contributed by atoms with Crippen molar-refractivity contribution in [3.05, 3.63) is 36.0 Å². The van der Waals surface area contributed by atoms with Crippen LogP contribution in [0, 0.1) is 0 Å². The molecule has 1 aromatic carbocycles. The van der Waals surface area contributed by atoms with E-state index in [1.807, 2.05) is 19.2 Å². The summed E-state index contributed by atoms with van der Waals surface area (Å²) in [7, 11) is 0. The van der Waals surface area contributed by atoms with Gasteiger partial charge in [-0.2, -0.15) is 0 Å². The first-order valence-corrected chi connectivity index (χ1v) is 7.61. The Kier molecular flexibility index (Phi) is 4.16. The first-order chi connectivity index (χ1) is 9.88. The summed E-state index contributed by atoms with van der Waals surface area (Å²) in [6.07, 6.45) is 6.84. The number of benzene rings is 1. The molecular weight excluding hydrogens is 248 g/mol. The molecule has 1 aromatic heterocycles. The molecule has 0 aliphatic carbocycles. The van der Waals surface area contributed by atoms with Crippen LogP contribution in [0.15, 0.2) is 30.5 Å². The lowest BCUT2D eigenvalue weighted by Gasteiger charge is -2.24. The molecule has 0 saturated carbocycles. The third-order valence-electron chi connectivity index (χ3n) is 4.00. The molecule has 0 radical (unpaired) electrons. The van der Waals surface area contributed by atoms with Gasteiger partial charge in [0.15, 0.2) is 0 Å². The van der Waals surface area contributed by atoms with Gasteiger partial charge in [0.1, 0.15) is 11.3 Å². The summed E-state index contributed by atoms with van der Waals surface area (Å²) in [5.74, 6) is 0.892. The van der Waals surface area contributed by atoms with Gasteiger partial charge in [-0.3, -0.25) is 4.98 Å². The number of piperidine rings is 1. The van der Waals surface area contributed by atoms with E-state index in [-0.39, 0.29) is 0 Å². The largest absolute Gasteiger partial charge is 0.492 e. The smallest absolute Gasteiger partial charge is 0.145 e. The number of rotatable bonds is 4. The van der Waals surface area contributed by atoms with Gasteiger partial charge >= 0.3 is 0 Å². The average molecular weight is 270 g/mol. The van der Waals surface area contributed by atoms with E-state index in [1.165, 1.54) is 30.2 Å². The van der Waals surface area contributed by atoms with Crippen LogP contribution < -0.4 is 10.1 Å². The second-order valence-electron chi connectivity index (χ2n) is 5.41. The summed E-state index contributed by atoms with van der Waals surface area (Å²) in [5.41, 5.74) is 2.36. The lowest BCUT2D eigenvalue weighted by Crippen LogP contribution is -2.35. The molecule has 1 saturated heterocycles. The molecule has 1 unspecified atom stereocenters. The number of hydrogen-bond acceptors (Lipinski definition) is 3. The minimum atomic E-state index is 0.602. The summed E-state index contributed by atoms with van der Waals surface area (Å²) in [6.45, 7) is 3.84. The zero-order valence-electron chi connectivity index (χ0n) is 12.1. The molecule has 0 spiro atoms. The number of aromatic nitrogens is 1. The molecule has 0 bridgehead atoms. The lowest BCUT2D eigenvalue weighted by molar-refractivity contribution is 0.343. The molecule has 2 aromatic rings. The van der Waals surface area contributed by atoms with Crippen molar-refractivity contribution in [2.24, 2.45) is 0 Å². The highest BCUT2D eigenvalue weighted by atomic mass is 16.5. The van der Waals surface area contributed by atoms with Crippen molar-refractivity contribution in [2.45, 2.75) is 38.6 Å². The maximum absolute atomic E-state index is 5.69. The van der Waals surface area contributed by atoms with E-state index >= 15 is 0 Å². The van der Waals surface area contributed by atoms with Gasteiger partial charge in [0.25, 0.3) is 0 Å². The fraction of sp³-hybridized carbons (Fsp3) is 0.471. The molecule has 1 atom stereocenters. The molecule has 3 rings (SSSR count). The minimum absolute atomic E-state index is 0.602. The second-order valence-corrected chi connectivity index (χ2v) is 5.41. The van der Waals surface area contributed by atoms with Crippen LogP contribution in [0.25, 0.3) is 10.9 Å². The Balaban J connectivity index is 1.92. The van der Waals surface area contributed by atoms with Gasteiger partial charge in [0, 0.05) is 17.6 Å². The van der Waals surface area contributed by atoms with Crippen molar-refractivity contribution in [2.75, 3.05) is 13.2 Å². The summed E-state index contributed by atoms with van der Waals surface area (Å²) >= 11 is 0. The van der Waals surface area contributed by atoms with Gasteiger partial charge in [-0.15, -0.1) is 0 Å². The monoisotopic (exact) mass is 270 g/mol. The first-order valence-electron chi connectivity index (χ1n) is 7.61. The van der Waals surface area contributed by atoms with Crippen molar-refractivity contribution in [3.63, 3.8) is 0 Å². The molecule has 20 heavy (non-hydrogen) atoms. The van der Waals surface area contributed by atoms with E-state index in [2.05, 4.69) is 28.5 Å². The Morgan fingerprint density at radius 2 is 2.25 bits per heavy atom. The maximum Gasteiger partial charge on any atom is 0.145 e. The topological polar surface area (TPSA) is 34.1 Å². The standard InChI is InChI=1S/C17H22N2O/c1-2-20-16-9-8-13(12-14-6-3-4-10-18-14)15-7-5-11-19-17(15)16/h5,7-9,11,14,18H,2-4,6,10,12H2,1H3. The third-order valence-corrected chi connectivity index (χ3v) is 4.00. The molecule has 106 valence electrons. The summed E-state index contributed by atoms with van der Waals surface area (Å²) < 4.78 is 5.69. The lowest BCUT2D eigenvalue weighted by atomic mass is 9.95. The zero-order chi connectivity index (χ0) is 13.8. The Hall–Kier alpha value is -1.61. The summed E-state index contributed by atoms with van der Waals surface area (Å²) in [4.78, 5) is 4.51. The van der Waals surface area contributed by atoms with Gasteiger partial charge in [-0.1, -0.05) is 18.6 Å². The van der Waals surface area contributed by atoms with Crippen molar-refractivity contribution < 1.29 is 4.74 Å². The Morgan fingerprint density at radius 1 is 1.30 bits per heavy atom. The van der Waals surface area contributed by atoms with Gasteiger partial charge < -0.3 is 10.1 Å². The van der Waals surface area contributed by atoms with Crippen LogP contribution in [0.2, 0.25) is 0 Å². The molecule has 2 heterocycles. The summed E-state index contributed by atoms with van der Waals surface area (Å²) in [5, 5.41) is 4.85. The van der Waals surface area contributed by atoms with E-state index < -0.39 is 0 Å². The van der Waals surface area contributed by atoms with Crippen molar-refractivity contribution in [1.29, 1.82) is 0 Å². The quantitative estimate of drug-likeness (QED) is 0.925. The number of nitrogens with one attached hydrogen (secondary N) is 1. The Morgan fingerprint density at radius 3 is 3.05 bits per heavy atom. The zero-order valence-corrected chi connectivity index (χ0v) is 12.1. The predicted octanol–water partition coefficient (Wildman–Crippen LogP) is 3.32. The van der Waals surface area contributed by atoms with Crippen molar-refractivity contribution >= 4 is 10.9 Å². The SMILES string of the molecule is CCOc1ccc(CC2CCCCN2)c2cccnc12. The predicted molar refractivity (Wildman–Crippen MR) is 82.3 cm³/mol. The fourth-order valence-corrected chi connectivity index (χ4v) is 3.02. The molecule has 1 aliphatic rings. The van der Waals surface area contributed by atoms with Gasteiger partial charge in [0.2, 0.25) is 0 Å². The number of ether oxygens (including phenoxy) is 1. The fourth-order valence-electron chi connectivity index (χ4n) is 3.02. The van der Waals surface area contributed by atoms with E-state index in [0.717, 1.165) is 24.2 Å². The first kappa shape index (κ1) is 13.4.